The molecule has 0 fully saturated rings. The summed E-state index contributed by atoms with van der Waals surface area (Å²) in [5.74, 6) is 0.765. The summed E-state index contributed by atoms with van der Waals surface area (Å²) < 4.78 is 1.80. The third kappa shape index (κ3) is 3.05. The van der Waals surface area contributed by atoms with E-state index in [1.807, 2.05) is 0 Å². The Morgan fingerprint density at radius 1 is 1.39 bits per heavy atom. The highest BCUT2D eigenvalue weighted by molar-refractivity contribution is 6.30. The van der Waals surface area contributed by atoms with Crippen LogP contribution in [0, 0.1) is 0 Å². The van der Waals surface area contributed by atoms with Crippen molar-refractivity contribution in [3.8, 4) is 0 Å². The van der Waals surface area contributed by atoms with Crippen molar-refractivity contribution in [3.05, 3.63) is 41.2 Å². The summed E-state index contributed by atoms with van der Waals surface area (Å²) >= 11 is 5.75. The van der Waals surface area contributed by atoms with E-state index in [0.717, 1.165) is 18.8 Å². The van der Waals surface area contributed by atoms with Gasteiger partial charge in [-0.2, -0.15) is 5.10 Å². The molecule has 2 aromatic rings. The van der Waals surface area contributed by atoms with E-state index >= 15 is 0 Å². The number of nitrogens with zero attached hydrogens (tertiary/aromatic N) is 4. The number of hydrogen-bond donors (Lipinski definition) is 1. The minimum Gasteiger partial charge on any atom is -0.386 e. The highest BCUT2D eigenvalue weighted by Gasteiger charge is 2.14. The van der Waals surface area contributed by atoms with Gasteiger partial charge in [0.2, 0.25) is 0 Å². The molecule has 18 heavy (non-hydrogen) atoms. The molecule has 5 nitrogen and oxygen atoms in total. The SMILES string of the molecule is CCCn1ncnc1CC(O)c1ccc(Cl)cn1. The van der Waals surface area contributed by atoms with Crippen LogP contribution in [0.25, 0.3) is 0 Å². The lowest BCUT2D eigenvalue weighted by atomic mass is 10.1. The Hall–Kier alpha value is -1.46. The van der Waals surface area contributed by atoms with Gasteiger partial charge in [0.1, 0.15) is 18.3 Å². The van der Waals surface area contributed by atoms with Crippen LogP contribution in [0.5, 0.6) is 0 Å². The molecular formula is C12H15ClN4O. The molecule has 0 aliphatic heterocycles. The number of aromatic nitrogens is 4. The lowest BCUT2D eigenvalue weighted by Gasteiger charge is -2.10. The fourth-order valence-corrected chi connectivity index (χ4v) is 1.82. The summed E-state index contributed by atoms with van der Waals surface area (Å²) in [4.78, 5) is 8.25. The molecule has 2 aromatic heterocycles. The molecule has 0 aliphatic carbocycles. The second-order valence-corrected chi connectivity index (χ2v) is 4.46. The van der Waals surface area contributed by atoms with Gasteiger partial charge in [0.05, 0.1) is 10.7 Å². The fourth-order valence-electron chi connectivity index (χ4n) is 1.71. The monoisotopic (exact) mass is 266 g/mol. The molecule has 96 valence electrons. The normalized spacial score (nSPS) is 12.6. The summed E-state index contributed by atoms with van der Waals surface area (Å²) in [6, 6.07) is 3.43. The van der Waals surface area contributed by atoms with E-state index in [4.69, 9.17) is 11.6 Å². The Morgan fingerprint density at radius 2 is 2.22 bits per heavy atom. The third-order valence-electron chi connectivity index (χ3n) is 2.60. The molecule has 1 N–H and O–H groups in total. The maximum Gasteiger partial charge on any atom is 0.138 e. The molecule has 0 aromatic carbocycles. The first-order valence-corrected chi connectivity index (χ1v) is 6.24. The van der Waals surface area contributed by atoms with E-state index in [-0.39, 0.29) is 0 Å². The zero-order valence-corrected chi connectivity index (χ0v) is 10.9. The van der Waals surface area contributed by atoms with Crippen molar-refractivity contribution in [2.24, 2.45) is 0 Å². The Morgan fingerprint density at radius 3 is 2.89 bits per heavy atom. The predicted octanol–water partition coefficient (Wildman–Crippen LogP) is 2.01. The van der Waals surface area contributed by atoms with Crippen molar-refractivity contribution in [1.29, 1.82) is 0 Å². The first-order chi connectivity index (χ1) is 8.70. The van der Waals surface area contributed by atoms with Gasteiger partial charge in [-0.3, -0.25) is 9.67 Å². The summed E-state index contributed by atoms with van der Waals surface area (Å²) in [5, 5.41) is 14.8. The number of pyridine rings is 1. The second-order valence-electron chi connectivity index (χ2n) is 4.02. The van der Waals surface area contributed by atoms with Crippen LogP contribution >= 0.6 is 11.6 Å². The molecule has 2 rings (SSSR count). The summed E-state index contributed by atoms with van der Waals surface area (Å²) in [6.45, 7) is 2.87. The van der Waals surface area contributed by atoms with Crippen LogP contribution in [0.4, 0.5) is 0 Å². The first kappa shape index (κ1) is 13.0. The molecular weight excluding hydrogens is 252 g/mol. The molecule has 0 bridgehead atoms. The van der Waals surface area contributed by atoms with Gasteiger partial charge in [-0.25, -0.2) is 4.98 Å². The second kappa shape index (κ2) is 5.93. The maximum absolute atomic E-state index is 10.1. The van der Waals surface area contributed by atoms with Gasteiger partial charge < -0.3 is 5.11 Å². The number of aliphatic hydroxyl groups excluding tert-OH is 1. The molecule has 0 radical (unpaired) electrons. The van der Waals surface area contributed by atoms with Crippen molar-refractivity contribution < 1.29 is 5.11 Å². The van der Waals surface area contributed by atoms with Crippen LogP contribution in [0.15, 0.2) is 24.7 Å². The standard InChI is InChI=1S/C12H15ClN4O/c1-2-5-17-12(15-8-16-17)6-11(18)10-4-3-9(13)7-14-10/h3-4,7-8,11,18H,2,5-6H2,1H3. The molecule has 0 aliphatic rings. The number of hydrogen-bond acceptors (Lipinski definition) is 4. The summed E-state index contributed by atoms with van der Waals surface area (Å²) in [5.41, 5.74) is 0.588. The highest BCUT2D eigenvalue weighted by Crippen LogP contribution is 2.16. The smallest absolute Gasteiger partial charge is 0.138 e. The molecule has 0 saturated carbocycles. The van der Waals surface area contributed by atoms with Crippen molar-refractivity contribution >= 4 is 11.6 Å². The highest BCUT2D eigenvalue weighted by atomic mass is 35.5. The van der Waals surface area contributed by atoms with Gasteiger partial charge in [0.25, 0.3) is 0 Å². The molecule has 0 saturated heterocycles. The van der Waals surface area contributed by atoms with Crippen LogP contribution in [0.2, 0.25) is 5.02 Å². The van der Waals surface area contributed by atoms with E-state index < -0.39 is 6.10 Å². The Bertz CT molecular complexity index is 497. The number of rotatable bonds is 5. The zero-order valence-electron chi connectivity index (χ0n) is 10.1. The number of halogens is 1. The van der Waals surface area contributed by atoms with E-state index in [9.17, 15) is 5.11 Å². The van der Waals surface area contributed by atoms with Crippen LogP contribution in [0.1, 0.15) is 31.0 Å². The first-order valence-electron chi connectivity index (χ1n) is 5.87. The predicted molar refractivity (Wildman–Crippen MR) is 68.2 cm³/mol. The van der Waals surface area contributed by atoms with Crippen LogP contribution < -0.4 is 0 Å². The Balaban J connectivity index is 2.08. The van der Waals surface area contributed by atoms with E-state index in [0.29, 0.717) is 17.1 Å². The van der Waals surface area contributed by atoms with Crippen molar-refractivity contribution in [1.82, 2.24) is 19.7 Å². The minimum atomic E-state index is -0.693. The van der Waals surface area contributed by atoms with Gasteiger partial charge in [0.15, 0.2) is 0 Å². The van der Waals surface area contributed by atoms with E-state index in [1.165, 1.54) is 12.5 Å². The Labute approximate surface area is 110 Å². The van der Waals surface area contributed by atoms with Gasteiger partial charge in [-0.1, -0.05) is 18.5 Å². The molecule has 1 atom stereocenters. The molecule has 6 heteroatoms. The van der Waals surface area contributed by atoms with E-state index in [2.05, 4.69) is 22.0 Å². The number of aliphatic hydroxyl groups is 1. The average Bonchev–Trinajstić information content (AvgIpc) is 2.78. The topological polar surface area (TPSA) is 63.8 Å². The lowest BCUT2D eigenvalue weighted by Crippen LogP contribution is -2.11. The van der Waals surface area contributed by atoms with Crippen molar-refractivity contribution in [2.75, 3.05) is 0 Å². The van der Waals surface area contributed by atoms with Gasteiger partial charge >= 0.3 is 0 Å². The maximum atomic E-state index is 10.1. The summed E-state index contributed by atoms with van der Waals surface area (Å²) in [7, 11) is 0. The van der Waals surface area contributed by atoms with Gasteiger partial charge in [-0.05, 0) is 18.6 Å². The minimum absolute atomic E-state index is 0.397. The largest absolute Gasteiger partial charge is 0.386 e. The molecule has 1 unspecified atom stereocenters. The van der Waals surface area contributed by atoms with Crippen molar-refractivity contribution in [3.63, 3.8) is 0 Å². The summed E-state index contributed by atoms with van der Waals surface area (Å²) in [6.07, 6.45) is 3.71. The third-order valence-corrected chi connectivity index (χ3v) is 2.82. The van der Waals surface area contributed by atoms with Gasteiger partial charge in [0, 0.05) is 19.2 Å². The fraction of sp³-hybridized carbons (Fsp3) is 0.417. The van der Waals surface area contributed by atoms with Crippen LogP contribution in [-0.2, 0) is 13.0 Å². The van der Waals surface area contributed by atoms with Gasteiger partial charge in [-0.15, -0.1) is 0 Å². The lowest BCUT2D eigenvalue weighted by molar-refractivity contribution is 0.169. The molecule has 0 amide bonds. The zero-order chi connectivity index (χ0) is 13.0. The average molecular weight is 267 g/mol. The van der Waals surface area contributed by atoms with Crippen LogP contribution in [-0.4, -0.2) is 24.9 Å². The Kier molecular flexibility index (Phi) is 4.28. The van der Waals surface area contributed by atoms with Crippen molar-refractivity contribution in [2.45, 2.75) is 32.4 Å². The van der Waals surface area contributed by atoms with Crippen LogP contribution in [0.3, 0.4) is 0 Å². The number of aryl methyl sites for hydroxylation is 1. The molecule has 2 heterocycles. The molecule has 0 spiro atoms. The quantitative estimate of drug-likeness (QED) is 0.899. The van der Waals surface area contributed by atoms with E-state index in [1.54, 1.807) is 16.8 Å².